The normalized spacial score (nSPS) is 12.9. The molecular formula is C14H11F3N4O2. The second-order valence-corrected chi connectivity index (χ2v) is 4.54. The number of hydrogen-bond acceptors (Lipinski definition) is 6. The van der Waals surface area contributed by atoms with Gasteiger partial charge >= 0.3 is 6.36 Å². The Balaban J connectivity index is 1.84. The number of methoxy groups -OCH3 is 1. The molecule has 1 N–H and O–H groups in total. The molecule has 6 nitrogen and oxygen atoms in total. The summed E-state index contributed by atoms with van der Waals surface area (Å²) < 4.78 is 45.4. The molecule has 1 aromatic carbocycles. The Morgan fingerprint density at radius 3 is 2.52 bits per heavy atom. The number of anilines is 2. The first kappa shape index (κ1) is 15.1. The minimum Gasteiger partial charge on any atom is -0.479 e. The van der Waals surface area contributed by atoms with Gasteiger partial charge in [0.1, 0.15) is 23.5 Å². The van der Waals surface area contributed by atoms with Crippen molar-refractivity contribution in [2.45, 2.75) is 6.36 Å². The number of hydrogen-bond donors (Lipinski definition) is 1. The third-order valence-corrected chi connectivity index (χ3v) is 2.97. The van der Waals surface area contributed by atoms with E-state index in [2.05, 4.69) is 25.0 Å². The molecule has 1 aliphatic heterocycles. The Labute approximate surface area is 128 Å². The highest BCUT2D eigenvalue weighted by atomic mass is 19.4. The molecule has 0 aliphatic carbocycles. The maximum atomic E-state index is 12.1. The molecule has 0 saturated carbocycles. The summed E-state index contributed by atoms with van der Waals surface area (Å²) >= 11 is 0. The summed E-state index contributed by atoms with van der Waals surface area (Å²) in [6.07, 6.45) is -4.72. The first-order valence-electron chi connectivity index (χ1n) is 6.51. The lowest BCUT2D eigenvalue weighted by Crippen LogP contribution is -2.26. The van der Waals surface area contributed by atoms with Gasteiger partial charge in [-0.1, -0.05) is 0 Å². The smallest absolute Gasteiger partial charge is 0.479 e. The van der Waals surface area contributed by atoms with E-state index in [1.807, 2.05) is 0 Å². The quantitative estimate of drug-likeness (QED) is 0.933. The summed E-state index contributed by atoms with van der Waals surface area (Å²) in [6.45, 7) is 0.318. The summed E-state index contributed by atoms with van der Waals surface area (Å²) in [7, 11) is 1.46. The average molecular weight is 324 g/mol. The molecular weight excluding hydrogens is 313 g/mol. The van der Waals surface area contributed by atoms with Crippen LogP contribution in [0.3, 0.4) is 0 Å². The number of benzene rings is 1. The third-order valence-electron chi connectivity index (χ3n) is 2.97. The number of rotatable bonds is 4. The average Bonchev–Trinajstić information content (AvgIpc) is 2.94. The summed E-state index contributed by atoms with van der Waals surface area (Å²) in [5.74, 6) is 0.0242. The minimum absolute atomic E-state index is 0.295. The van der Waals surface area contributed by atoms with Gasteiger partial charge in [0, 0.05) is 5.69 Å². The van der Waals surface area contributed by atoms with E-state index < -0.39 is 6.36 Å². The lowest BCUT2D eigenvalue weighted by molar-refractivity contribution is -0.274. The number of pyridine rings is 1. The van der Waals surface area contributed by atoms with Crippen LogP contribution >= 0.6 is 0 Å². The van der Waals surface area contributed by atoms with Crippen molar-refractivity contribution in [3.05, 3.63) is 41.2 Å². The molecule has 23 heavy (non-hydrogen) atoms. The zero-order valence-corrected chi connectivity index (χ0v) is 11.9. The summed E-state index contributed by atoms with van der Waals surface area (Å²) in [4.78, 5) is 12.5. The van der Waals surface area contributed by atoms with Gasteiger partial charge in [-0.3, -0.25) is 4.99 Å². The first-order chi connectivity index (χ1) is 10.9. The van der Waals surface area contributed by atoms with Crippen LogP contribution in [-0.2, 0) is 0 Å². The van der Waals surface area contributed by atoms with Crippen molar-refractivity contribution in [3.8, 4) is 11.6 Å². The van der Waals surface area contributed by atoms with Crippen molar-refractivity contribution in [1.29, 1.82) is 0 Å². The molecule has 1 aromatic heterocycles. The highest BCUT2D eigenvalue weighted by molar-refractivity contribution is 5.64. The van der Waals surface area contributed by atoms with Gasteiger partial charge in [-0.25, -0.2) is 4.99 Å². The molecule has 0 spiro atoms. The van der Waals surface area contributed by atoms with Crippen LogP contribution in [0.5, 0.6) is 11.6 Å². The lowest BCUT2D eigenvalue weighted by atomic mass is 10.3. The fraction of sp³-hybridized carbons (Fsp3) is 0.214. The van der Waals surface area contributed by atoms with E-state index in [9.17, 15) is 13.2 Å². The molecule has 0 bridgehead atoms. The predicted octanol–water partition coefficient (Wildman–Crippen LogP) is 1.94. The van der Waals surface area contributed by atoms with Crippen molar-refractivity contribution in [3.63, 3.8) is 0 Å². The van der Waals surface area contributed by atoms with Gasteiger partial charge < -0.3 is 14.8 Å². The predicted molar refractivity (Wildman–Crippen MR) is 74.4 cm³/mol. The van der Waals surface area contributed by atoms with Crippen molar-refractivity contribution in [2.75, 3.05) is 19.1 Å². The van der Waals surface area contributed by atoms with Gasteiger partial charge in [0.15, 0.2) is 5.49 Å². The first-order valence-corrected chi connectivity index (χ1v) is 6.51. The largest absolute Gasteiger partial charge is 0.573 e. The van der Waals surface area contributed by atoms with E-state index >= 15 is 0 Å². The topological polar surface area (TPSA) is 68.1 Å². The highest BCUT2D eigenvalue weighted by Gasteiger charge is 2.30. The van der Waals surface area contributed by atoms with Crippen LogP contribution in [0, 0.1) is 0 Å². The highest BCUT2D eigenvalue weighted by Crippen LogP contribution is 2.27. The second-order valence-electron chi connectivity index (χ2n) is 4.54. The van der Waals surface area contributed by atoms with E-state index in [4.69, 9.17) is 4.74 Å². The van der Waals surface area contributed by atoms with Crippen LogP contribution in [0.4, 0.5) is 24.5 Å². The molecule has 2 aromatic rings. The fourth-order valence-electron chi connectivity index (χ4n) is 2.03. The van der Waals surface area contributed by atoms with E-state index in [1.165, 1.54) is 31.4 Å². The van der Waals surface area contributed by atoms with E-state index in [1.54, 1.807) is 6.07 Å². The molecule has 3 rings (SSSR count). The minimum atomic E-state index is -4.72. The Kier molecular flexibility index (Phi) is 3.77. The maximum Gasteiger partial charge on any atom is 0.573 e. The number of nitrogens with zero attached hydrogens (tertiary/aromatic N) is 3. The fourth-order valence-corrected chi connectivity index (χ4v) is 2.03. The van der Waals surface area contributed by atoms with Crippen molar-refractivity contribution >= 4 is 11.4 Å². The summed E-state index contributed by atoms with van der Waals surface area (Å²) in [6, 6.07) is 7.05. The molecule has 0 unspecified atom stereocenters. The van der Waals surface area contributed by atoms with Crippen molar-refractivity contribution in [2.24, 2.45) is 9.98 Å². The molecule has 120 valence electrons. The number of alkyl halides is 3. The van der Waals surface area contributed by atoms with Crippen LogP contribution in [0.25, 0.3) is 0 Å². The van der Waals surface area contributed by atoms with Gasteiger partial charge in [0.05, 0.1) is 7.11 Å². The zero-order valence-electron chi connectivity index (χ0n) is 11.9. The van der Waals surface area contributed by atoms with Gasteiger partial charge in [0.2, 0.25) is 5.88 Å². The van der Waals surface area contributed by atoms with E-state index in [0.29, 0.717) is 34.8 Å². The van der Waals surface area contributed by atoms with E-state index in [-0.39, 0.29) is 5.75 Å². The van der Waals surface area contributed by atoms with Crippen molar-refractivity contribution < 1.29 is 22.6 Å². The van der Waals surface area contributed by atoms with Crippen LogP contribution in [0.2, 0.25) is 0 Å². The maximum absolute atomic E-state index is 12.1. The van der Waals surface area contributed by atoms with Crippen LogP contribution < -0.4 is 25.6 Å². The SMILES string of the molecule is COc1nc2c(cc1Nc1ccc(OC(F)(F)F)cc1)=NCN=2. The third kappa shape index (κ3) is 3.50. The van der Waals surface area contributed by atoms with Gasteiger partial charge in [-0.2, -0.15) is 4.98 Å². The number of nitrogens with one attached hydrogen (secondary N) is 1. The van der Waals surface area contributed by atoms with Crippen LogP contribution in [-0.4, -0.2) is 25.1 Å². The summed E-state index contributed by atoms with van der Waals surface area (Å²) in [5, 5.41) is 3.65. The molecule has 0 amide bonds. The van der Waals surface area contributed by atoms with Gasteiger partial charge in [0.25, 0.3) is 0 Å². The van der Waals surface area contributed by atoms with Crippen molar-refractivity contribution in [1.82, 2.24) is 4.98 Å². The number of aromatic nitrogens is 1. The summed E-state index contributed by atoms with van der Waals surface area (Å²) in [5.41, 5.74) is 1.59. The molecule has 0 radical (unpaired) electrons. The Morgan fingerprint density at radius 2 is 1.87 bits per heavy atom. The molecule has 0 atom stereocenters. The number of ether oxygens (including phenoxy) is 2. The Bertz CT molecular complexity index is 835. The Morgan fingerprint density at radius 1 is 1.13 bits per heavy atom. The second kappa shape index (κ2) is 5.75. The molecule has 0 saturated heterocycles. The van der Waals surface area contributed by atoms with Gasteiger partial charge in [-0.15, -0.1) is 13.2 Å². The standard InChI is InChI=1S/C14H11F3N4O2/c1-22-13-11(6-10-12(21-13)19-7-18-10)20-8-2-4-9(5-3-8)23-14(15,16)17/h2-6,20H,7H2,1H3. The lowest BCUT2D eigenvalue weighted by Gasteiger charge is -2.11. The number of fused-ring (bicyclic) bond motifs is 1. The monoisotopic (exact) mass is 324 g/mol. The molecule has 0 fully saturated rings. The number of halogens is 3. The van der Waals surface area contributed by atoms with Gasteiger partial charge in [-0.05, 0) is 30.3 Å². The zero-order chi connectivity index (χ0) is 16.4. The van der Waals surface area contributed by atoms with E-state index in [0.717, 1.165) is 0 Å². The Hall–Kier alpha value is -2.84. The van der Waals surface area contributed by atoms with Crippen LogP contribution in [0.15, 0.2) is 40.3 Å². The molecule has 1 aliphatic rings. The molecule has 2 heterocycles. The van der Waals surface area contributed by atoms with Crippen LogP contribution in [0.1, 0.15) is 0 Å². The molecule has 9 heteroatoms.